The Hall–Kier alpha value is -1.82. The molecule has 16 heavy (non-hydrogen) atoms. The Bertz CT molecular complexity index is 530. The van der Waals surface area contributed by atoms with Crippen LogP contribution < -0.4 is 0 Å². The van der Waals surface area contributed by atoms with Gasteiger partial charge in [0, 0.05) is 5.92 Å². The molecule has 0 aliphatic heterocycles. The summed E-state index contributed by atoms with van der Waals surface area (Å²) in [5.41, 5.74) is 6.41. The number of allylic oxidation sites excluding steroid dienone is 12. The predicted octanol–water partition coefficient (Wildman–Crippen LogP) is 4.04. The van der Waals surface area contributed by atoms with Crippen LogP contribution in [-0.4, -0.2) is 0 Å². The minimum absolute atomic E-state index is 0.336. The van der Waals surface area contributed by atoms with Crippen LogP contribution in [0.3, 0.4) is 0 Å². The Morgan fingerprint density at radius 1 is 1.06 bits per heavy atom. The molecule has 0 N–H and O–H groups in total. The predicted molar refractivity (Wildman–Crippen MR) is 68.9 cm³/mol. The number of hydrogen-bond donors (Lipinski definition) is 0. The van der Waals surface area contributed by atoms with Gasteiger partial charge in [0.2, 0.25) is 0 Å². The first-order chi connectivity index (χ1) is 7.77. The van der Waals surface area contributed by atoms with E-state index < -0.39 is 0 Å². The normalized spacial score (nSPS) is 26.8. The molecule has 1 atom stereocenters. The summed E-state index contributed by atoms with van der Waals surface area (Å²) in [5.74, 6) is 0.336. The van der Waals surface area contributed by atoms with Crippen molar-refractivity contribution in [1.29, 1.82) is 0 Å². The van der Waals surface area contributed by atoms with E-state index in [1.165, 1.54) is 27.9 Å². The third-order valence-electron chi connectivity index (χ3n) is 3.40. The Morgan fingerprint density at radius 2 is 1.94 bits per heavy atom. The minimum Gasteiger partial charge on any atom is -0.0952 e. The molecule has 0 nitrogen and oxygen atoms in total. The van der Waals surface area contributed by atoms with Crippen molar-refractivity contribution in [3.63, 3.8) is 0 Å². The fraction of sp³-hybridized carbons (Fsp3) is 0.125. The lowest BCUT2D eigenvalue weighted by atomic mass is 9.72. The number of hydrogen-bond acceptors (Lipinski definition) is 0. The van der Waals surface area contributed by atoms with Gasteiger partial charge in [-0.15, -0.1) is 0 Å². The summed E-state index contributed by atoms with van der Waals surface area (Å²) in [6.45, 7) is 8.35. The van der Waals surface area contributed by atoms with Crippen molar-refractivity contribution >= 4 is 0 Å². The largest absolute Gasteiger partial charge is 0.0952 e. The summed E-state index contributed by atoms with van der Waals surface area (Å²) >= 11 is 0. The lowest BCUT2D eigenvalue weighted by Crippen LogP contribution is -2.17. The third-order valence-corrected chi connectivity index (χ3v) is 3.40. The highest BCUT2D eigenvalue weighted by Gasteiger charge is 2.28. The standard InChI is InChI=1S/C16H14/c1-11-5-3-7-13-9-10-14-8-4-6-12(2)16(14)15(11)13/h3-5,7-10,15H,1-2,6H2. The van der Waals surface area contributed by atoms with Gasteiger partial charge < -0.3 is 0 Å². The van der Waals surface area contributed by atoms with Crippen LogP contribution in [0.1, 0.15) is 6.42 Å². The second-order valence-electron chi connectivity index (χ2n) is 4.45. The molecule has 0 radical (unpaired) electrons. The van der Waals surface area contributed by atoms with Crippen molar-refractivity contribution in [3.8, 4) is 0 Å². The van der Waals surface area contributed by atoms with E-state index in [-0.39, 0.29) is 0 Å². The zero-order valence-corrected chi connectivity index (χ0v) is 9.24. The molecule has 0 heteroatoms. The first kappa shape index (κ1) is 9.41. The topological polar surface area (TPSA) is 0 Å². The maximum Gasteiger partial charge on any atom is 0.0342 e. The Balaban J connectivity index is 2.19. The van der Waals surface area contributed by atoms with Crippen LogP contribution in [0, 0.1) is 5.92 Å². The molecule has 1 unspecified atom stereocenters. The molecule has 0 aromatic rings. The smallest absolute Gasteiger partial charge is 0.0342 e. The van der Waals surface area contributed by atoms with Crippen LogP contribution in [0.4, 0.5) is 0 Å². The van der Waals surface area contributed by atoms with E-state index in [1.54, 1.807) is 0 Å². The van der Waals surface area contributed by atoms with Crippen molar-refractivity contribution in [3.05, 3.63) is 83.6 Å². The molecule has 0 aromatic carbocycles. The van der Waals surface area contributed by atoms with Crippen molar-refractivity contribution in [2.24, 2.45) is 5.92 Å². The van der Waals surface area contributed by atoms with E-state index in [2.05, 4.69) is 55.7 Å². The molecule has 0 aromatic heterocycles. The van der Waals surface area contributed by atoms with Gasteiger partial charge in [0.25, 0.3) is 0 Å². The quantitative estimate of drug-likeness (QED) is 0.561. The molecule has 0 saturated carbocycles. The van der Waals surface area contributed by atoms with E-state index >= 15 is 0 Å². The van der Waals surface area contributed by atoms with Crippen LogP contribution in [0.25, 0.3) is 0 Å². The fourth-order valence-corrected chi connectivity index (χ4v) is 2.63. The van der Waals surface area contributed by atoms with Gasteiger partial charge in [0.15, 0.2) is 0 Å². The highest BCUT2D eigenvalue weighted by atomic mass is 14.3. The van der Waals surface area contributed by atoms with Gasteiger partial charge in [0.05, 0.1) is 0 Å². The highest BCUT2D eigenvalue weighted by Crippen LogP contribution is 2.42. The molecule has 0 heterocycles. The zero-order chi connectivity index (χ0) is 11.1. The maximum atomic E-state index is 4.19. The van der Waals surface area contributed by atoms with Crippen molar-refractivity contribution in [2.75, 3.05) is 0 Å². The average molecular weight is 206 g/mol. The summed E-state index contributed by atoms with van der Waals surface area (Å²) in [4.78, 5) is 0. The molecule has 3 aliphatic carbocycles. The maximum absolute atomic E-state index is 4.19. The van der Waals surface area contributed by atoms with Crippen LogP contribution in [0.2, 0.25) is 0 Å². The van der Waals surface area contributed by atoms with Gasteiger partial charge in [0.1, 0.15) is 0 Å². The molecule has 3 aliphatic rings. The SMILES string of the molecule is C=C1CC=CC2=C1C1C(=C)C=CC=C1C=C2. The van der Waals surface area contributed by atoms with Crippen LogP contribution in [0.15, 0.2) is 83.6 Å². The van der Waals surface area contributed by atoms with Crippen molar-refractivity contribution < 1.29 is 0 Å². The van der Waals surface area contributed by atoms with Gasteiger partial charge in [-0.1, -0.05) is 55.7 Å². The van der Waals surface area contributed by atoms with E-state index in [1.807, 2.05) is 0 Å². The Kier molecular flexibility index (Phi) is 1.97. The first-order valence-corrected chi connectivity index (χ1v) is 5.61. The fourth-order valence-electron chi connectivity index (χ4n) is 2.63. The van der Waals surface area contributed by atoms with Crippen LogP contribution >= 0.6 is 0 Å². The van der Waals surface area contributed by atoms with Gasteiger partial charge in [-0.25, -0.2) is 0 Å². The van der Waals surface area contributed by atoms with E-state index in [0.717, 1.165) is 6.42 Å². The molecule has 0 fully saturated rings. The van der Waals surface area contributed by atoms with E-state index in [9.17, 15) is 0 Å². The minimum atomic E-state index is 0.336. The van der Waals surface area contributed by atoms with Gasteiger partial charge in [-0.3, -0.25) is 0 Å². The molecule has 0 amide bonds. The number of rotatable bonds is 0. The Morgan fingerprint density at radius 3 is 2.81 bits per heavy atom. The van der Waals surface area contributed by atoms with Crippen LogP contribution in [0.5, 0.6) is 0 Å². The first-order valence-electron chi connectivity index (χ1n) is 5.61. The summed E-state index contributed by atoms with van der Waals surface area (Å²) in [7, 11) is 0. The monoisotopic (exact) mass is 206 g/mol. The lowest BCUT2D eigenvalue weighted by Gasteiger charge is -2.31. The molecule has 3 rings (SSSR count). The molecular formula is C16H14. The molecular weight excluding hydrogens is 192 g/mol. The summed E-state index contributed by atoms with van der Waals surface area (Å²) in [6.07, 6.45) is 16.1. The lowest BCUT2D eigenvalue weighted by molar-refractivity contribution is 0.849. The average Bonchev–Trinajstić information content (AvgIpc) is 2.29. The summed E-state index contributed by atoms with van der Waals surface area (Å²) < 4.78 is 0. The van der Waals surface area contributed by atoms with Gasteiger partial charge in [-0.05, 0) is 34.3 Å². The van der Waals surface area contributed by atoms with Gasteiger partial charge in [-0.2, -0.15) is 0 Å². The second-order valence-corrected chi connectivity index (χ2v) is 4.45. The second kappa shape index (κ2) is 3.34. The molecule has 0 bridgehead atoms. The third kappa shape index (κ3) is 1.23. The summed E-state index contributed by atoms with van der Waals surface area (Å²) in [5, 5.41) is 0. The zero-order valence-electron chi connectivity index (χ0n) is 9.24. The van der Waals surface area contributed by atoms with Gasteiger partial charge >= 0.3 is 0 Å². The summed E-state index contributed by atoms with van der Waals surface area (Å²) in [6, 6.07) is 0. The van der Waals surface area contributed by atoms with Crippen LogP contribution in [-0.2, 0) is 0 Å². The van der Waals surface area contributed by atoms with Crippen molar-refractivity contribution in [1.82, 2.24) is 0 Å². The van der Waals surface area contributed by atoms with E-state index in [4.69, 9.17) is 0 Å². The molecule has 0 saturated heterocycles. The van der Waals surface area contributed by atoms with Crippen molar-refractivity contribution in [2.45, 2.75) is 6.42 Å². The molecule has 0 spiro atoms. The number of fused-ring (bicyclic) bond motifs is 2. The molecule has 78 valence electrons. The van der Waals surface area contributed by atoms with E-state index in [0.29, 0.717) is 5.92 Å². The Labute approximate surface area is 96.4 Å². The highest BCUT2D eigenvalue weighted by molar-refractivity contribution is 5.62.